The van der Waals surface area contributed by atoms with E-state index in [0.717, 1.165) is 0 Å². The number of sulfone groups is 1. The fraction of sp³-hybridized carbons (Fsp3) is 1.00. The molecule has 0 saturated carbocycles. The molecular weight excluding hydrogens is 184 g/mol. The molecule has 3 nitrogen and oxygen atoms in total. The molecule has 1 N–H and O–H groups in total. The minimum atomic E-state index is -2.80. The highest BCUT2D eigenvalue weighted by Gasteiger charge is 2.05. The summed E-state index contributed by atoms with van der Waals surface area (Å²) in [5.41, 5.74) is 0. The molecule has 0 aliphatic carbocycles. The summed E-state index contributed by atoms with van der Waals surface area (Å²) < 4.78 is 21.8. The van der Waals surface area contributed by atoms with Crippen molar-refractivity contribution >= 4 is 21.6 Å². The molecular formula is C6H14O3S2. The van der Waals surface area contributed by atoms with Crippen LogP contribution in [0.1, 0.15) is 6.92 Å². The van der Waals surface area contributed by atoms with Crippen molar-refractivity contribution in [1.82, 2.24) is 0 Å². The third-order valence-corrected chi connectivity index (χ3v) is 4.14. The second-order valence-corrected chi connectivity index (χ2v) is 5.77. The maximum absolute atomic E-state index is 10.9. The third kappa shape index (κ3) is 6.65. The Morgan fingerprint density at radius 1 is 1.36 bits per heavy atom. The van der Waals surface area contributed by atoms with Crippen molar-refractivity contribution in [3.63, 3.8) is 0 Å². The van der Waals surface area contributed by atoms with Crippen molar-refractivity contribution in [1.29, 1.82) is 0 Å². The van der Waals surface area contributed by atoms with Gasteiger partial charge < -0.3 is 5.11 Å². The lowest BCUT2D eigenvalue weighted by Crippen LogP contribution is -2.10. The Morgan fingerprint density at radius 3 is 2.45 bits per heavy atom. The van der Waals surface area contributed by atoms with Crippen LogP contribution in [0.4, 0.5) is 0 Å². The lowest BCUT2D eigenvalue weighted by Gasteiger charge is -1.99. The van der Waals surface area contributed by atoms with Gasteiger partial charge in [0.2, 0.25) is 0 Å². The van der Waals surface area contributed by atoms with Crippen LogP contribution in [0.3, 0.4) is 0 Å². The maximum atomic E-state index is 10.9. The predicted molar refractivity (Wildman–Crippen MR) is 48.7 cm³/mol. The highest BCUT2D eigenvalue weighted by atomic mass is 32.2. The van der Waals surface area contributed by atoms with Crippen LogP contribution in [0.15, 0.2) is 0 Å². The van der Waals surface area contributed by atoms with E-state index in [4.69, 9.17) is 5.11 Å². The molecule has 0 aliphatic rings. The minimum Gasteiger partial charge on any atom is -0.396 e. The van der Waals surface area contributed by atoms with Gasteiger partial charge in [0.1, 0.15) is 0 Å². The SMILES string of the molecule is CCS(=O)(=O)CCSCCO. The number of hydrogen-bond acceptors (Lipinski definition) is 4. The Bertz CT molecular complexity index is 174. The van der Waals surface area contributed by atoms with Gasteiger partial charge in [-0.2, -0.15) is 11.8 Å². The zero-order chi connectivity index (χ0) is 8.74. The van der Waals surface area contributed by atoms with Crippen molar-refractivity contribution in [2.75, 3.05) is 29.6 Å². The van der Waals surface area contributed by atoms with Crippen LogP contribution < -0.4 is 0 Å². The summed E-state index contributed by atoms with van der Waals surface area (Å²) in [6.45, 7) is 1.77. The summed E-state index contributed by atoms with van der Waals surface area (Å²) in [5, 5.41) is 8.38. The monoisotopic (exact) mass is 198 g/mol. The van der Waals surface area contributed by atoms with Gasteiger partial charge >= 0.3 is 0 Å². The van der Waals surface area contributed by atoms with E-state index >= 15 is 0 Å². The maximum Gasteiger partial charge on any atom is 0.150 e. The standard InChI is InChI=1S/C6H14O3S2/c1-2-11(8,9)6-5-10-4-3-7/h7H,2-6H2,1H3. The predicted octanol–water partition coefficient (Wildman–Crippen LogP) is 0.147. The van der Waals surface area contributed by atoms with Gasteiger partial charge in [-0.3, -0.25) is 0 Å². The smallest absolute Gasteiger partial charge is 0.150 e. The summed E-state index contributed by atoms with van der Waals surface area (Å²) in [7, 11) is -2.80. The molecule has 0 bridgehead atoms. The van der Waals surface area contributed by atoms with Gasteiger partial charge in [-0.15, -0.1) is 0 Å². The Labute approximate surface area is 72.1 Å². The average molecular weight is 198 g/mol. The normalized spacial score (nSPS) is 11.8. The van der Waals surface area contributed by atoms with Crippen LogP contribution in [0, 0.1) is 0 Å². The number of rotatable bonds is 6. The van der Waals surface area contributed by atoms with Gasteiger partial charge in [0.05, 0.1) is 12.4 Å². The fourth-order valence-corrected chi connectivity index (χ4v) is 2.61. The molecule has 0 spiro atoms. The van der Waals surface area contributed by atoms with Crippen molar-refractivity contribution in [3.05, 3.63) is 0 Å². The molecule has 0 radical (unpaired) electrons. The van der Waals surface area contributed by atoms with Crippen LogP contribution in [0.2, 0.25) is 0 Å². The second-order valence-electron chi connectivity index (χ2n) is 2.07. The number of thioether (sulfide) groups is 1. The average Bonchev–Trinajstić information content (AvgIpc) is 1.99. The Kier molecular flexibility index (Phi) is 5.99. The zero-order valence-corrected chi connectivity index (χ0v) is 8.25. The molecule has 0 fully saturated rings. The second kappa shape index (κ2) is 5.85. The molecule has 11 heavy (non-hydrogen) atoms. The largest absolute Gasteiger partial charge is 0.396 e. The molecule has 0 aliphatic heterocycles. The zero-order valence-electron chi connectivity index (χ0n) is 6.62. The quantitative estimate of drug-likeness (QED) is 0.617. The van der Waals surface area contributed by atoms with Crippen LogP contribution >= 0.6 is 11.8 Å². The molecule has 68 valence electrons. The lowest BCUT2D eigenvalue weighted by atomic mass is 10.9. The third-order valence-electron chi connectivity index (χ3n) is 1.21. The first-order valence-corrected chi connectivity index (χ1v) is 6.49. The highest BCUT2D eigenvalue weighted by Crippen LogP contribution is 2.00. The summed E-state index contributed by atoms with van der Waals surface area (Å²) in [4.78, 5) is 0. The Hall–Kier alpha value is 0.260. The van der Waals surface area contributed by atoms with Crippen molar-refractivity contribution in [2.24, 2.45) is 0 Å². The minimum absolute atomic E-state index is 0.122. The van der Waals surface area contributed by atoms with Gasteiger partial charge in [-0.25, -0.2) is 8.42 Å². The van der Waals surface area contributed by atoms with Crippen molar-refractivity contribution in [2.45, 2.75) is 6.92 Å². The van der Waals surface area contributed by atoms with E-state index in [1.54, 1.807) is 6.92 Å². The molecule has 0 rings (SSSR count). The molecule has 0 amide bonds. The molecule has 0 heterocycles. The first-order valence-electron chi connectivity index (χ1n) is 3.51. The topological polar surface area (TPSA) is 54.4 Å². The molecule has 0 atom stereocenters. The summed E-state index contributed by atoms with van der Waals surface area (Å²) in [6.07, 6.45) is 0. The van der Waals surface area contributed by atoms with Crippen LogP contribution in [-0.2, 0) is 9.84 Å². The first kappa shape index (κ1) is 11.3. The van der Waals surface area contributed by atoms with Gasteiger partial charge in [0, 0.05) is 17.3 Å². The summed E-state index contributed by atoms with van der Waals surface area (Å²) >= 11 is 1.47. The first-order chi connectivity index (χ1) is 5.12. The van der Waals surface area contributed by atoms with E-state index in [1.165, 1.54) is 11.8 Å². The Morgan fingerprint density at radius 2 is 2.00 bits per heavy atom. The van der Waals surface area contributed by atoms with Crippen LogP contribution in [-0.4, -0.2) is 43.1 Å². The van der Waals surface area contributed by atoms with Gasteiger partial charge in [-0.05, 0) is 0 Å². The number of aliphatic hydroxyl groups excluding tert-OH is 1. The molecule has 0 aromatic rings. The molecule has 5 heteroatoms. The van der Waals surface area contributed by atoms with E-state index in [1.807, 2.05) is 0 Å². The van der Waals surface area contributed by atoms with E-state index in [2.05, 4.69) is 0 Å². The van der Waals surface area contributed by atoms with E-state index in [9.17, 15) is 8.42 Å². The van der Waals surface area contributed by atoms with Gasteiger partial charge in [-0.1, -0.05) is 6.92 Å². The number of hydrogen-bond donors (Lipinski definition) is 1. The lowest BCUT2D eigenvalue weighted by molar-refractivity contribution is 0.322. The van der Waals surface area contributed by atoms with Crippen molar-refractivity contribution < 1.29 is 13.5 Å². The Balaban J connectivity index is 3.39. The van der Waals surface area contributed by atoms with E-state index in [0.29, 0.717) is 11.5 Å². The van der Waals surface area contributed by atoms with Crippen LogP contribution in [0.25, 0.3) is 0 Å². The van der Waals surface area contributed by atoms with Gasteiger partial charge in [0.15, 0.2) is 9.84 Å². The highest BCUT2D eigenvalue weighted by molar-refractivity contribution is 8.00. The molecule has 0 unspecified atom stereocenters. The summed E-state index contributed by atoms with van der Waals surface area (Å²) in [6, 6.07) is 0. The van der Waals surface area contributed by atoms with E-state index in [-0.39, 0.29) is 18.1 Å². The van der Waals surface area contributed by atoms with Crippen molar-refractivity contribution in [3.8, 4) is 0 Å². The molecule has 0 aromatic heterocycles. The number of aliphatic hydroxyl groups is 1. The van der Waals surface area contributed by atoms with Crippen LogP contribution in [0.5, 0.6) is 0 Å². The molecule has 0 saturated heterocycles. The fourth-order valence-electron chi connectivity index (χ4n) is 0.497. The van der Waals surface area contributed by atoms with Gasteiger partial charge in [0.25, 0.3) is 0 Å². The summed E-state index contributed by atoms with van der Waals surface area (Å²) in [5.74, 6) is 1.66. The van der Waals surface area contributed by atoms with E-state index < -0.39 is 9.84 Å². The molecule has 0 aromatic carbocycles.